The van der Waals surface area contributed by atoms with Gasteiger partial charge in [0.25, 0.3) is 0 Å². The fraction of sp³-hybridized carbons (Fsp3) is 0.538. The maximum atomic E-state index is 11.9. The molecule has 3 unspecified atom stereocenters. The number of rotatable bonds is 3. The minimum absolute atomic E-state index is 0.254. The number of carbonyl (C=O) groups excluding carboxylic acids is 1. The Balaban J connectivity index is 2.44. The third-order valence-electron chi connectivity index (χ3n) is 4.23. The number of nitrogens with two attached hydrogens (primary N) is 1. The summed E-state index contributed by atoms with van der Waals surface area (Å²) in [7, 11) is 0. The van der Waals surface area contributed by atoms with E-state index in [1.54, 1.807) is 18.2 Å². The highest BCUT2D eigenvalue weighted by atomic mass is 79.9. The number of hydrogen-bond acceptors (Lipinski definition) is 3. The van der Waals surface area contributed by atoms with E-state index in [4.69, 9.17) is 15.6 Å². The number of amides is 1. The lowest BCUT2D eigenvalue weighted by molar-refractivity contribution is -0.138. The molecule has 0 aromatic rings. The largest absolute Gasteiger partial charge is 0.481 e. The van der Waals surface area contributed by atoms with E-state index in [0.717, 1.165) is 0 Å². The van der Waals surface area contributed by atoms with Crippen molar-refractivity contribution in [2.75, 3.05) is 13.2 Å². The van der Waals surface area contributed by atoms with Gasteiger partial charge in [0, 0.05) is 16.5 Å². The van der Waals surface area contributed by atoms with Crippen molar-refractivity contribution in [1.29, 1.82) is 0 Å². The Labute approximate surface area is 119 Å². The van der Waals surface area contributed by atoms with Gasteiger partial charge < -0.3 is 15.6 Å². The lowest BCUT2D eigenvalue weighted by Crippen LogP contribution is -2.50. The number of ether oxygens (including phenoxy) is 1. The molecule has 1 aliphatic heterocycles. The molecule has 5 nitrogen and oxygen atoms in total. The van der Waals surface area contributed by atoms with Gasteiger partial charge in [-0.2, -0.15) is 0 Å². The summed E-state index contributed by atoms with van der Waals surface area (Å²) in [6, 6.07) is 0. The average Bonchev–Trinajstić information content (AvgIpc) is 2.83. The monoisotopic (exact) mass is 329 g/mol. The van der Waals surface area contributed by atoms with Gasteiger partial charge in [-0.3, -0.25) is 9.59 Å². The zero-order valence-corrected chi connectivity index (χ0v) is 12.1. The first-order valence-electron chi connectivity index (χ1n) is 6.01. The summed E-state index contributed by atoms with van der Waals surface area (Å²) in [5.74, 6) is -2.03. The van der Waals surface area contributed by atoms with Crippen LogP contribution in [-0.4, -0.2) is 30.2 Å². The Morgan fingerprint density at radius 3 is 2.68 bits per heavy atom. The van der Waals surface area contributed by atoms with Crippen LogP contribution in [0, 0.1) is 16.7 Å². The van der Waals surface area contributed by atoms with Gasteiger partial charge >= 0.3 is 5.97 Å². The van der Waals surface area contributed by atoms with E-state index in [-0.39, 0.29) is 6.61 Å². The number of halogens is 1. The smallest absolute Gasteiger partial charge is 0.314 e. The standard InChI is InChI=1S/C13H16BrNO4/c1-12(13(11(15)18)4-5-19-7-13)3-2-8(10(16)17)6-9(12)14/h2-3,6,8H,4-5,7H2,1H3,(H2,15,18)(H,16,17). The van der Waals surface area contributed by atoms with E-state index in [2.05, 4.69) is 15.9 Å². The lowest BCUT2D eigenvalue weighted by Gasteiger charge is -2.43. The fourth-order valence-corrected chi connectivity index (χ4v) is 3.53. The van der Waals surface area contributed by atoms with Crippen molar-refractivity contribution in [1.82, 2.24) is 0 Å². The Kier molecular flexibility index (Phi) is 3.57. The summed E-state index contributed by atoms with van der Waals surface area (Å²) < 4.78 is 6.03. The molecule has 0 bridgehead atoms. The van der Waals surface area contributed by atoms with Crippen molar-refractivity contribution < 1.29 is 19.4 Å². The molecule has 0 aromatic heterocycles. The molecule has 19 heavy (non-hydrogen) atoms. The van der Waals surface area contributed by atoms with E-state index in [1.807, 2.05) is 6.92 Å². The average molecular weight is 330 g/mol. The van der Waals surface area contributed by atoms with E-state index in [1.165, 1.54) is 0 Å². The first-order chi connectivity index (χ1) is 8.83. The van der Waals surface area contributed by atoms with Gasteiger partial charge in [0.2, 0.25) is 5.91 Å². The summed E-state index contributed by atoms with van der Waals surface area (Å²) in [6.45, 7) is 2.61. The first kappa shape index (κ1) is 14.3. The number of allylic oxidation sites excluding steroid dienone is 2. The van der Waals surface area contributed by atoms with Crippen LogP contribution in [-0.2, 0) is 14.3 Å². The van der Waals surface area contributed by atoms with Crippen LogP contribution in [0.1, 0.15) is 13.3 Å². The number of aliphatic carboxylic acids is 1. The van der Waals surface area contributed by atoms with Gasteiger partial charge in [0.1, 0.15) is 0 Å². The molecule has 0 spiro atoms. The molecule has 6 heteroatoms. The highest BCUT2D eigenvalue weighted by Gasteiger charge is 2.56. The van der Waals surface area contributed by atoms with Crippen LogP contribution in [0.25, 0.3) is 0 Å². The Morgan fingerprint density at radius 2 is 2.26 bits per heavy atom. The molecule has 1 heterocycles. The van der Waals surface area contributed by atoms with Crippen LogP contribution >= 0.6 is 15.9 Å². The molecule has 3 N–H and O–H groups in total. The minimum atomic E-state index is -0.925. The Hall–Kier alpha value is -1.14. The van der Waals surface area contributed by atoms with Gasteiger partial charge in [-0.25, -0.2) is 0 Å². The number of carboxylic acids is 1. The van der Waals surface area contributed by atoms with Gasteiger partial charge in [-0.15, -0.1) is 0 Å². The number of carboxylic acid groups (broad SMARTS) is 1. The predicted molar refractivity (Wildman–Crippen MR) is 72.4 cm³/mol. The third kappa shape index (κ3) is 2.03. The molecular formula is C13H16BrNO4. The van der Waals surface area contributed by atoms with Crippen molar-refractivity contribution in [3.8, 4) is 0 Å². The molecule has 2 aliphatic rings. The van der Waals surface area contributed by atoms with Crippen LogP contribution in [0.3, 0.4) is 0 Å². The molecule has 1 saturated heterocycles. The number of carbonyl (C=O) groups is 2. The molecule has 0 aromatic carbocycles. The third-order valence-corrected chi connectivity index (χ3v) is 5.32. The van der Waals surface area contributed by atoms with Crippen LogP contribution in [0.2, 0.25) is 0 Å². The van der Waals surface area contributed by atoms with Crippen molar-refractivity contribution in [3.05, 3.63) is 22.7 Å². The van der Waals surface area contributed by atoms with Gasteiger partial charge in [-0.1, -0.05) is 41.1 Å². The molecule has 1 fully saturated rings. The summed E-state index contributed by atoms with van der Waals surface area (Å²) in [5, 5.41) is 9.03. The normalized spacial score (nSPS) is 38.0. The van der Waals surface area contributed by atoms with Crippen molar-refractivity contribution in [2.45, 2.75) is 13.3 Å². The molecule has 0 radical (unpaired) electrons. The second-order valence-electron chi connectivity index (χ2n) is 5.19. The van der Waals surface area contributed by atoms with Gasteiger partial charge in [0.15, 0.2) is 0 Å². The second kappa shape index (κ2) is 4.76. The Morgan fingerprint density at radius 1 is 1.58 bits per heavy atom. The van der Waals surface area contributed by atoms with E-state index in [0.29, 0.717) is 17.5 Å². The molecule has 3 atom stereocenters. The fourth-order valence-electron chi connectivity index (χ4n) is 2.73. The van der Waals surface area contributed by atoms with Gasteiger partial charge in [0.05, 0.1) is 17.9 Å². The summed E-state index contributed by atoms with van der Waals surface area (Å²) in [4.78, 5) is 22.9. The molecule has 0 saturated carbocycles. The van der Waals surface area contributed by atoms with Crippen molar-refractivity contribution >= 4 is 27.8 Å². The van der Waals surface area contributed by atoms with Crippen LogP contribution in [0.15, 0.2) is 22.7 Å². The van der Waals surface area contributed by atoms with E-state index < -0.39 is 28.6 Å². The minimum Gasteiger partial charge on any atom is -0.481 e. The zero-order valence-electron chi connectivity index (χ0n) is 10.6. The van der Waals surface area contributed by atoms with E-state index in [9.17, 15) is 9.59 Å². The predicted octanol–water partition coefficient (Wildman–Crippen LogP) is 1.43. The zero-order chi connectivity index (χ0) is 14.3. The van der Waals surface area contributed by atoms with Crippen LogP contribution in [0.4, 0.5) is 0 Å². The number of primary amides is 1. The summed E-state index contributed by atoms with van der Waals surface area (Å²) in [5.41, 5.74) is 4.09. The molecule has 1 amide bonds. The topological polar surface area (TPSA) is 89.6 Å². The lowest BCUT2D eigenvalue weighted by atomic mass is 9.61. The molecule has 1 aliphatic carbocycles. The molecule has 2 rings (SSSR count). The molecule has 104 valence electrons. The Bertz CT molecular complexity index is 479. The van der Waals surface area contributed by atoms with Crippen molar-refractivity contribution in [3.63, 3.8) is 0 Å². The van der Waals surface area contributed by atoms with Crippen LogP contribution < -0.4 is 5.73 Å². The van der Waals surface area contributed by atoms with Crippen LogP contribution in [0.5, 0.6) is 0 Å². The summed E-state index contributed by atoms with van der Waals surface area (Å²) >= 11 is 3.42. The summed E-state index contributed by atoms with van der Waals surface area (Å²) in [6.07, 6.45) is 5.49. The second-order valence-corrected chi connectivity index (χ2v) is 6.04. The SMILES string of the molecule is CC1(C2(C(N)=O)CCOC2)C=CC(C(=O)O)C=C1Br. The highest BCUT2D eigenvalue weighted by Crippen LogP contribution is 2.54. The van der Waals surface area contributed by atoms with Gasteiger partial charge in [-0.05, 0) is 6.42 Å². The number of hydrogen-bond donors (Lipinski definition) is 2. The quantitative estimate of drug-likeness (QED) is 0.766. The van der Waals surface area contributed by atoms with Crippen molar-refractivity contribution in [2.24, 2.45) is 22.5 Å². The van der Waals surface area contributed by atoms with E-state index >= 15 is 0 Å². The maximum absolute atomic E-state index is 11.9. The highest BCUT2D eigenvalue weighted by molar-refractivity contribution is 9.11. The molecular weight excluding hydrogens is 314 g/mol. The maximum Gasteiger partial charge on any atom is 0.314 e. The first-order valence-corrected chi connectivity index (χ1v) is 6.80.